The van der Waals surface area contributed by atoms with Crippen molar-refractivity contribution in [1.82, 2.24) is 0 Å². The van der Waals surface area contributed by atoms with E-state index in [9.17, 15) is 0 Å². The van der Waals surface area contributed by atoms with Crippen molar-refractivity contribution in [3.05, 3.63) is 0 Å². The molecule has 6 aliphatic rings. The summed E-state index contributed by atoms with van der Waals surface area (Å²) in [7, 11) is -14.7. The van der Waals surface area contributed by atoms with Gasteiger partial charge in [0, 0.05) is 13.2 Å². The van der Waals surface area contributed by atoms with Crippen LogP contribution in [-0.2, 0) is 111 Å². The third-order valence-corrected chi connectivity index (χ3v) is 15.2. The van der Waals surface area contributed by atoms with Crippen LogP contribution in [0.15, 0.2) is 0 Å². The van der Waals surface area contributed by atoms with E-state index in [1.165, 1.54) is 167 Å². The Kier molecular flexibility index (Phi) is 41.5. The molecule has 0 aromatic rings. The summed E-state index contributed by atoms with van der Waals surface area (Å²) in [4.78, 5) is 0. The summed E-state index contributed by atoms with van der Waals surface area (Å²) in [5, 5.41) is 0. The molecule has 0 radical (unpaired) electrons. The largest absolute Gasteiger partial charge is 0.615 e. The lowest BCUT2D eigenvalue weighted by Crippen LogP contribution is -2.57. The first-order valence-corrected chi connectivity index (χ1v) is 34.0. The molecular formula is C51H104B12O24. The first-order valence-electron chi connectivity index (χ1n) is 34.0. The van der Waals surface area contributed by atoms with Crippen molar-refractivity contribution >= 4 is 87.9 Å². The molecule has 6 heterocycles. The molecule has 8 bridgehead atoms. The van der Waals surface area contributed by atoms with Crippen molar-refractivity contribution < 1.29 is 111 Å². The lowest BCUT2D eigenvalue weighted by atomic mass is 9.95. The topological polar surface area (TPSA) is 222 Å². The van der Waals surface area contributed by atoms with E-state index in [0.29, 0.717) is 13.2 Å². The monoisotopic (exact) mass is 1230 g/mol. The third-order valence-electron chi connectivity index (χ3n) is 15.2. The molecule has 87 heavy (non-hydrogen) atoms. The zero-order valence-corrected chi connectivity index (χ0v) is 54.2. The molecule has 0 aliphatic carbocycles. The maximum Gasteiger partial charge on any atom is 0.615 e. The Morgan fingerprint density at radius 1 is 0.287 bits per heavy atom. The fourth-order valence-corrected chi connectivity index (χ4v) is 10.2. The van der Waals surface area contributed by atoms with Crippen molar-refractivity contribution in [2.24, 2.45) is 0 Å². The van der Waals surface area contributed by atoms with Gasteiger partial charge in [-0.2, -0.15) is 0 Å². The van der Waals surface area contributed by atoms with E-state index in [2.05, 4.69) is 13.8 Å². The van der Waals surface area contributed by atoms with E-state index in [0.717, 1.165) is 38.5 Å². The normalized spacial score (nSPS) is 22.8. The highest BCUT2D eigenvalue weighted by Crippen LogP contribution is 2.23. The maximum absolute atomic E-state index is 6.07. The number of fused-ring (bicyclic) bond motifs is 8. The Labute approximate surface area is 527 Å². The van der Waals surface area contributed by atoms with Crippen LogP contribution >= 0.6 is 0 Å². The molecule has 6 aliphatic heterocycles. The quantitative estimate of drug-likeness (QED) is 0.0410. The van der Waals surface area contributed by atoms with Gasteiger partial charge in [0.25, 0.3) is 0 Å². The average Bonchev–Trinajstić information content (AvgIpc) is 3.58. The second-order valence-corrected chi connectivity index (χ2v) is 23.8. The van der Waals surface area contributed by atoms with E-state index in [-0.39, 0.29) is 33.0 Å². The summed E-state index contributed by atoms with van der Waals surface area (Å²) >= 11 is 0. The molecule has 6 fully saturated rings. The van der Waals surface area contributed by atoms with E-state index in [1.807, 2.05) is 0 Å². The van der Waals surface area contributed by atoms with Crippen LogP contribution in [-0.4, -0.2) is 165 Å². The van der Waals surface area contributed by atoms with E-state index in [1.54, 1.807) is 34.6 Å². The fraction of sp³-hybridized carbons (Fsp3) is 1.00. The van der Waals surface area contributed by atoms with Gasteiger partial charge < -0.3 is 111 Å². The minimum atomic E-state index is -1.34. The molecule has 6 saturated heterocycles. The summed E-state index contributed by atoms with van der Waals surface area (Å²) in [6.07, 6.45) is 38.1. The highest BCUT2D eigenvalue weighted by atomic mass is 16.9. The Morgan fingerprint density at radius 3 is 0.805 bits per heavy atom. The smallest absolute Gasteiger partial charge is 0.400 e. The van der Waals surface area contributed by atoms with Gasteiger partial charge >= 0.3 is 87.9 Å². The highest BCUT2D eigenvalue weighted by molar-refractivity contribution is 6.69. The van der Waals surface area contributed by atoms with Gasteiger partial charge in [0.1, 0.15) is 0 Å². The van der Waals surface area contributed by atoms with E-state index >= 15 is 0 Å². The highest BCUT2D eigenvalue weighted by Gasteiger charge is 2.53. The maximum atomic E-state index is 6.07. The number of unbranched alkanes of at least 4 members (excludes halogenated alkanes) is 30. The Bertz CT molecular complexity index is 1680. The van der Waals surface area contributed by atoms with Crippen LogP contribution < -0.4 is 0 Å². The summed E-state index contributed by atoms with van der Waals surface area (Å²) in [5.74, 6) is 0. The molecule has 0 aromatic carbocycles. The minimum absolute atomic E-state index is 0.00313. The van der Waals surface area contributed by atoms with Crippen molar-refractivity contribution in [2.45, 2.75) is 284 Å². The molecule has 0 N–H and O–H groups in total. The number of hydrogen-bond donors (Lipinski definition) is 0. The molecule has 0 amide bonds. The van der Waals surface area contributed by atoms with Gasteiger partial charge in [0.2, 0.25) is 0 Å². The summed E-state index contributed by atoms with van der Waals surface area (Å²) in [5.41, 5.74) is 0. The Balaban J connectivity index is 0.833. The number of hydrogen-bond acceptors (Lipinski definition) is 24. The van der Waals surface area contributed by atoms with Crippen LogP contribution in [0.4, 0.5) is 0 Å². The van der Waals surface area contributed by atoms with E-state index < -0.39 is 118 Å². The second kappa shape index (κ2) is 47.7. The predicted molar refractivity (Wildman–Crippen MR) is 336 cm³/mol. The van der Waals surface area contributed by atoms with Crippen LogP contribution in [0.2, 0.25) is 0 Å². The zero-order valence-electron chi connectivity index (χ0n) is 54.2. The van der Waals surface area contributed by atoms with Crippen molar-refractivity contribution in [3.8, 4) is 0 Å². The SMILES string of the molecule is CCCCCCCCCCCCCCCCCCOB1OB2OCC(C)OB3OB(OCC(C)OB(O1)O2)OB(OCC(C)OB1OB2OCC(C)OB4OB(OCCCCCCCCCCCCCCCCCC)OB(OCC(C)OB(O2)O1)O4)O3. The van der Waals surface area contributed by atoms with Crippen LogP contribution in [0.3, 0.4) is 0 Å². The standard InChI is InChI=1S/C51H104B12O24/c1-8-10-12-14-16-18-20-22-24-26-28-30-32-34-36-38-40-64-52-76-54-66-42-48(4)73-61-83-56(68-43-47(3)71-59(79-52)81-54)78-57(84-61)69-45-51(7)75-63-86-58-70-46-49(5)72-60-80-53(77-55(82-60)67-44-50(6)74-62(85-58)87-63)65-41-39-37-35-33-31-29-27-25-23-21-19-17-15-13-11-9-2/h47-51H,8-46H2,1-7H3. The predicted octanol–water partition coefficient (Wildman–Crippen LogP) is 9.75. The molecule has 6 rings (SSSR count). The number of rotatable bonds is 41. The lowest BCUT2D eigenvalue weighted by molar-refractivity contribution is -0.0150. The van der Waals surface area contributed by atoms with Crippen molar-refractivity contribution in [1.29, 1.82) is 0 Å². The van der Waals surface area contributed by atoms with E-state index in [4.69, 9.17) is 111 Å². The van der Waals surface area contributed by atoms with Crippen molar-refractivity contribution in [3.63, 3.8) is 0 Å². The third kappa shape index (κ3) is 35.2. The molecule has 0 aromatic heterocycles. The molecule has 488 valence electrons. The Morgan fingerprint density at radius 2 is 0.517 bits per heavy atom. The second-order valence-electron chi connectivity index (χ2n) is 23.8. The summed E-state index contributed by atoms with van der Waals surface area (Å²) in [6.45, 7) is 14.0. The summed E-state index contributed by atoms with van der Waals surface area (Å²) in [6, 6.07) is 0. The summed E-state index contributed by atoms with van der Waals surface area (Å²) < 4.78 is 142. The average molecular weight is 1230 g/mol. The molecule has 36 heteroatoms. The van der Waals surface area contributed by atoms with Gasteiger partial charge in [-0.25, -0.2) is 0 Å². The zero-order chi connectivity index (χ0) is 61.4. The van der Waals surface area contributed by atoms with Gasteiger partial charge in [0.15, 0.2) is 0 Å². The van der Waals surface area contributed by atoms with Gasteiger partial charge in [0.05, 0.1) is 63.6 Å². The van der Waals surface area contributed by atoms with Gasteiger partial charge in [-0.15, -0.1) is 0 Å². The van der Waals surface area contributed by atoms with Crippen LogP contribution in [0.25, 0.3) is 0 Å². The molecule has 0 spiro atoms. The molecule has 5 unspecified atom stereocenters. The molecule has 0 saturated carbocycles. The fourth-order valence-electron chi connectivity index (χ4n) is 10.2. The lowest BCUT2D eigenvalue weighted by Gasteiger charge is -2.34. The van der Waals surface area contributed by atoms with Crippen molar-refractivity contribution in [2.75, 3.05) is 46.2 Å². The van der Waals surface area contributed by atoms with Gasteiger partial charge in [-0.1, -0.05) is 206 Å². The minimum Gasteiger partial charge on any atom is -0.400 e. The first-order chi connectivity index (χ1) is 42.6. The van der Waals surface area contributed by atoms with Crippen LogP contribution in [0, 0.1) is 0 Å². The van der Waals surface area contributed by atoms with Gasteiger partial charge in [-0.3, -0.25) is 0 Å². The van der Waals surface area contributed by atoms with Gasteiger partial charge in [-0.05, 0) is 47.5 Å². The van der Waals surface area contributed by atoms with Crippen LogP contribution in [0.5, 0.6) is 0 Å². The molecule has 24 nitrogen and oxygen atoms in total. The Hall–Kier alpha value is -0.181. The molecule has 5 atom stereocenters. The first kappa shape index (κ1) is 75.8. The molecular weight excluding hydrogens is 1130 g/mol. The van der Waals surface area contributed by atoms with Crippen LogP contribution in [0.1, 0.15) is 254 Å².